The SMILES string of the molecule is CCNC(=NCC1CCCN(C)C1)NCCCOC1CCOC1.I. The number of ether oxygens (including phenoxy) is 2. The van der Waals surface area contributed by atoms with Crippen molar-refractivity contribution in [3.05, 3.63) is 0 Å². The van der Waals surface area contributed by atoms with E-state index in [2.05, 4.69) is 29.5 Å². The molecule has 2 aliphatic rings. The minimum Gasteiger partial charge on any atom is -0.379 e. The van der Waals surface area contributed by atoms with Gasteiger partial charge < -0.3 is 25.0 Å². The molecule has 0 spiro atoms. The van der Waals surface area contributed by atoms with Crippen molar-refractivity contribution in [1.82, 2.24) is 15.5 Å². The zero-order chi connectivity index (χ0) is 16.3. The molecule has 0 aromatic heterocycles. The molecule has 0 aliphatic carbocycles. The Labute approximate surface area is 164 Å². The second-order valence-electron chi connectivity index (χ2n) is 6.63. The third-order valence-corrected chi connectivity index (χ3v) is 4.43. The zero-order valence-electron chi connectivity index (χ0n) is 15.3. The van der Waals surface area contributed by atoms with Gasteiger partial charge in [0.05, 0.1) is 12.7 Å². The highest BCUT2D eigenvalue weighted by molar-refractivity contribution is 14.0. The van der Waals surface area contributed by atoms with Crippen LogP contribution in [0.4, 0.5) is 0 Å². The van der Waals surface area contributed by atoms with Gasteiger partial charge in [0.1, 0.15) is 0 Å². The number of piperidine rings is 1. The minimum absolute atomic E-state index is 0. The Morgan fingerprint density at radius 2 is 2.21 bits per heavy atom. The summed E-state index contributed by atoms with van der Waals surface area (Å²) in [5, 5.41) is 6.74. The van der Waals surface area contributed by atoms with Gasteiger partial charge in [0.2, 0.25) is 0 Å². The number of halogens is 1. The Morgan fingerprint density at radius 1 is 1.33 bits per heavy atom. The zero-order valence-corrected chi connectivity index (χ0v) is 17.6. The number of hydrogen-bond donors (Lipinski definition) is 2. The van der Waals surface area contributed by atoms with Gasteiger partial charge in [-0.3, -0.25) is 4.99 Å². The van der Waals surface area contributed by atoms with Crippen molar-refractivity contribution in [2.45, 2.75) is 38.7 Å². The van der Waals surface area contributed by atoms with Crippen LogP contribution in [0.15, 0.2) is 4.99 Å². The molecule has 2 rings (SSSR count). The lowest BCUT2D eigenvalue weighted by Gasteiger charge is -2.28. The van der Waals surface area contributed by atoms with Gasteiger partial charge in [-0.15, -0.1) is 24.0 Å². The van der Waals surface area contributed by atoms with Crippen LogP contribution in [0.2, 0.25) is 0 Å². The maximum atomic E-state index is 5.78. The molecular formula is C17H35IN4O2. The van der Waals surface area contributed by atoms with E-state index >= 15 is 0 Å². The lowest BCUT2D eigenvalue weighted by atomic mass is 9.99. The number of nitrogens with one attached hydrogen (secondary N) is 2. The molecule has 0 saturated carbocycles. The Balaban J connectivity index is 0.00000288. The molecular weight excluding hydrogens is 419 g/mol. The van der Waals surface area contributed by atoms with Crippen molar-refractivity contribution in [2.24, 2.45) is 10.9 Å². The van der Waals surface area contributed by atoms with E-state index < -0.39 is 0 Å². The quantitative estimate of drug-likeness (QED) is 0.253. The van der Waals surface area contributed by atoms with E-state index in [1.807, 2.05) is 0 Å². The summed E-state index contributed by atoms with van der Waals surface area (Å²) in [5.41, 5.74) is 0. The highest BCUT2D eigenvalue weighted by atomic mass is 127. The van der Waals surface area contributed by atoms with Crippen molar-refractivity contribution < 1.29 is 9.47 Å². The molecule has 142 valence electrons. The highest BCUT2D eigenvalue weighted by Gasteiger charge is 2.17. The molecule has 0 aromatic rings. The first-order chi connectivity index (χ1) is 11.3. The number of hydrogen-bond acceptors (Lipinski definition) is 4. The van der Waals surface area contributed by atoms with Crippen molar-refractivity contribution in [2.75, 3.05) is 59.6 Å². The fourth-order valence-corrected chi connectivity index (χ4v) is 3.16. The number of guanidine groups is 1. The predicted octanol–water partition coefficient (Wildman–Crippen LogP) is 1.70. The van der Waals surface area contributed by atoms with Crippen LogP contribution in [0.25, 0.3) is 0 Å². The normalized spacial score (nSPS) is 25.3. The molecule has 2 heterocycles. The molecule has 2 N–H and O–H groups in total. The molecule has 0 aromatic carbocycles. The Hall–Kier alpha value is -0.120. The van der Waals surface area contributed by atoms with Gasteiger partial charge in [-0.05, 0) is 52.1 Å². The van der Waals surface area contributed by atoms with Crippen molar-refractivity contribution in [3.63, 3.8) is 0 Å². The summed E-state index contributed by atoms with van der Waals surface area (Å²) in [6, 6.07) is 0. The summed E-state index contributed by atoms with van der Waals surface area (Å²) in [7, 11) is 2.20. The first kappa shape index (κ1) is 21.9. The van der Waals surface area contributed by atoms with E-state index in [9.17, 15) is 0 Å². The van der Waals surface area contributed by atoms with E-state index in [0.29, 0.717) is 12.0 Å². The monoisotopic (exact) mass is 454 g/mol. The third-order valence-electron chi connectivity index (χ3n) is 4.43. The first-order valence-corrected chi connectivity index (χ1v) is 9.18. The Kier molecular flexibility index (Phi) is 12.0. The summed E-state index contributed by atoms with van der Waals surface area (Å²) in [6.07, 6.45) is 4.92. The van der Waals surface area contributed by atoms with E-state index in [1.165, 1.54) is 25.9 Å². The molecule has 2 unspecified atom stereocenters. The molecule has 24 heavy (non-hydrogen) atoms. The van der Waals surface area contributed by atoms with E-state index in [-0.39, 0.29) is 24.0 Å². The number of rotatable bonds is 8. The summed E-state index contributed by atoms with van der Waals surface area (Å²) in [4.78, 5) is 7.16. The van der Waals surface area contributed by atoms with Crippen molar-refractivity contribution >= 4 is 29.9 Å². The topological polar surface area (TPSA) is 58.1 Å². The second kappa shape index (κ2) is 13.1. The lowest BCUT2D eigenvalue weighted by molar-refractivity contribution is 0.0420. The van der Waals surface area contributed by atoms with Gasteiger partial charge in [-0.1, -0.05) is 0 Å². The van der Waals surface area contributed by atoms with Gasteiger partial charge in [0.15, 0.2) is 5.96 Å². The van der Waals surface area contributed by atoms with Gasteiger partial charge in [-0.25, -0.2) is 0 Å². The summed E-state index contributed by atoms with van der Waals surface area (Å²) < 4.78 is 11.1. The molecule has 7 heteroatoms. The number of likely N-dealkylation sites (tertiary alicyclic amines) is 1. The standard InChI is InChI=1S/C17H34N4O2.HI/c1-3-18-17(20-12-15-6-4-9-21(2)13-15)19-8-5-10-23-16-7-11-22-14-16;/h15-16H,3-14H2,1-2H3,(H2,18,19,20);1H. The summed E-state index contributed by atoms with van der Waals surface area (Å²) in [5.74, 6) is 1.62. The van der Waals surface area contributed by atoms with Gasteiger partial charge in [0, 0.05) is 39.4 Å². The summed E-state index contributed by atoms with van der Waals surface area (Å²) >= 11 is 0. The van der Waals surface area contributed by atoms with Crippen LogP contribution in [0, 0.1) is 5.92 Å². The molecule has 2 atom stereocenters. The van der Waals surface area contributed by atoms with Crippen LogP contribution in [0.3, 0.4) is 0 Å². The van der Waals surface area contributed by atoms with Crippen LogP contribution in [0.1, 0.15) is 32.6 Å². The molecule has 0 bridgehead atoms. The summed E-state index contributed by atoms with van der Waals surface area (Å²) in [6.45, 7) is 9.59. The average molecular weight is 454 g/mol. The molecule has 2 fully saturated rings. The first-order valence-electron chi connectivity index (χ1n) is 9.18. The number of nitrogens with zero attached hydrogens (tertiary/aromatic N) is 2. The van der Waals surface area contributed by atoms with E-state index in [1.54, 1.807) is 0 Å². The molecule has 0 radical (unpaired) electrons. The fraction of sp³-hybridized carbons (Fsp3) is 0.941. The van der Waals surface area contributed by atoms with Crippen LogP contribution in [0.5, 0.6) is 0 Å². The van der Waals surface area contributed by atoms with Crippen LogP contribution >= 0.6 is 24.0 Å². The smallest absolute Gasteiger partial charge is 0.191 e. The predicted molar refractivity (Wildman–Crippen MR) is 109 cm³/mol. The fourth-order valence-electron chi connectivity index (χ4n) is 3.16. The molecule has 2 saturated heterocycles. The van der Waals surface area contributed by atoms with E-state index in [0.717, 1.165) is 58.3 Å². The van der Waals surface area contributed by atoms with Crippen molar-refractivity contribution in [3.8, 4) is 0 Å². The Morgan fingerprint density at radius 3 is 2.92 bits per heavy atom. The van der Waals surface area contributed by atoms with Crippen LogP contribution in [-0.2, 0) is 9.47 Å². The van der Waals surface area contributed by atoms with Gasteiger partial charge >= 0.3 is 0 Å². The number of aliphatic imine (C=N–C) groups is 1. The lowest BCUT2D eigenvalue weighted by Crippen LogP contribution is -2.39. The second-order valence-corrected chi connectivity index (χ2v) is 6.63. The maximum Gasteiger partial charge on any atom is 0.191 e. The van der Waals surface area contributed by atoms with E-state index in [4.69, 9.17) is 14.5 Å². The molecule has 2 aliphatic heterocycles. The van der Waals surface area contributed by atoms with Crippen molar-refractivity contribution in [1.29, 1.82) is 0 Å². The van der Waals surface area contributed by atoms with Gasteiger partial charge in [0.25, 0.3) is 0 Å². The Bertz CT molecular complexity index is 351. The molecule has 6 nitrogen and oxygen atoms in total. The van der Waals surface area contributed by atoms with Gasteiger partial charge in [-0.2, -0.15) is 0 Å². The third kappa shape index (κ3) is 8.82. The average Bonchev–Trinajstić information content (AvgIpc) is 3.05. The van der Waals surface area contributed by atoms with Crippen LogP contribution in [-0.4, -0.2) is 76.6 Å². The molecule has 0 amide bonds. The highest BCUT2D eigenvalue weighted by Crippen LogP contribution is 2.15. The van der Waals surface area contributed by atoms with Crippen LogP contribution < -0.4 is 10.6 Å². The largest absolute Gasteiger partial charge is 0.379 e. The minimum atomic E-state index is 0. The maximum absolute atomic E-state index is 5.78.